The van der Waals surface area contributed by atoms with Gasteiger partial charge in [-0.05, 0) is 57.4 Å². The van der Waals surface area contributed by atoms with E-state index in [1.807, 2.05) is 97.5 Å². The molecule has 0 spiro atoms. The molecule has 2 N–H and O–H groups in total. The van der Waals surface area contributed by atoms with Crippen LogP contribution in [0.3, 0.4) is 0 Å². The third-order valence-electron chi connectivity index (χ3n) is 6.78. The summed E-state index contributed by atoms with van der Waals surface area (Å²) in [5, 5.41) is 4.96. The van der Waals surface area contributed by atoms with Gasteiger partial charge in [0.25, 0.3) is 5.91 Å². The van der Waals surface area contributed by atoms with E-state index < -0.39 is 8.32 Å². The van der Waals surface area contributed by atoms with Crippen molar-refractivity contribution in [1.82, 2.24) is 0 Å². The van der Waals surface area contributed by atoms with Gasteiger partial charge in [-0.3, -0.25) is 4.79 Å². The molecule has 0 aromatic heterocycles. The number of carbonyl (C=O) groups excluding carboxylic acids is 1. The minimum atomic E-state index is -2.82. The summed E-state index contributed by atoms with van der Waals surface area (Å²) in [6.07, 6.45) is 0.700. The first-order valence-electron chi connectivity index (χ1n) is 12.4. The molecular weight excluding hydrogens is 470 g/mol. The van der Waals surface area contributed by atoms with Crippen molar-refractivity contribution < 1.29 is 9.59 Å². The fraction of sp³-hybridized carbons (Fsp3) is 0.0606. The molecule has 0 saturated carbocycles. The Morgan fingerprint density at radius 3 is 1.89 bits per heavy atom. The highest BCUT2D eigenvalue weighted by Crippen LogP contribution is 2.31. The van der Waals surface area contributed by atoms with Crippen LogP contribution in [0.2, 0.25) is 6.55 Å². The Balaban J connectivity index is 1.44. The number of rotatable bonds is 7. The van der Waals surface area contributed by atoms with E-state index in [-0.39, 0.29) is 5.91 Å². The second kappa shape index (κ2) is 10.8. The molecule has 1 unspecified atom stereocenters. The number of hydrogen-bond acceptors (Lipinski definition) is 2. The lowest BCUT2D eigenvalue weighted by molar-refractivity contribution is 0.102. The van der Waals surface area contributed by atoms with Crippen molar-refractivity contribution in [3.8, 4) is 11.1 Å². The Hall–Kier alpha value is -4.25. The summed E-state index contributed by atoms with van der Waals surface area (Å²) >= 11 is 0. The molecule has 37 heavy (non-hydrogen) atoms. The lowest BCUT2D eigenvalue weighted by Gasteiger charge is -2.21. The molecule has 0 fully saturated rings. The van der Waals surface area contributed by atoms with Gasteiger partial charge in [-0.1, -0.05) is 115 Å². The Morgan fingerprint density at radius 2 is 1.24 bits per heavy atom. The topological polar surface area (TPSA) is 49.3 Å². The molecular formula is C33H29NO2Si. The first kappa shape index (κ1) is 24.4. The number of nitrogens with one attached hydrogen (secondary N) is 1. The highest BCUT2D eigenvalue weighted by Gasteiger charge is 2.29. The zero-order valence-corrected chi connectivity index (χ0v) is 21.8. The number of carbonyl (C=O) groups is 1. The van der Waals surface area contributed by atoms with Crippen LogP contribution in [0.25, 0.3) is 11.1 Å². The molecule has 5 rings (SSSR count). The maximum absolute atomic E-state index is 13.3. The maximum Gasteiger partial charge on any atom is 0.255 e. The Bertz CT molecular complexity index is 1480. The molecule has 5 aromatic rings. The molecule has 1 amide bonds. The first-order chi connectivity index (χ1) is 18.0. The van der Waals surface area contributed by atoms with Crippen LogP contribution in [0.5, 0.6) is 0 Å². The Labute approximate surface area is 219 Å². The molecule has 0 radical (unpaired) electrons. The SMILES string of the molecule is C[Si](O)(c1ccccc1)c1ccc(C(=O)Nc2cccc(-c3ccccc3)c2Cc2ccccc2)cc1. The van der Waals surface area contributed by atoms with Crippen molar-refractivity contribution in [3.63, 3.8) is 0 Å². The lowest BCUT2D eigenvalue weighted by Crippen LogP contribution is -2.55. The van der Waals surface area contributed by atoms with Crippen LogP contribution in [0, 0.1) is 0 Å². The summed E-state index contributed by atoms with van der Waals surface area (Å²) < 4.78 is 0. The first-order valence-corrected chi connectivity index (χ1v) is 14.9. The molecule has 0 saturated heterocycles. The highest BCUT2D eigenvalue weighted by atomic mass is 28.4. The van der Waals surface area contributed by atoms with E-state index in [9.17, 15) is 9.59 Å². The molecule has 5 aromatic carbocycles. The Kier molecular flexibility index (Phi) is 7.13. The van der Waals surface area contributed by atoms with E-state index in [2.05, 4.69) is 35.6 Å². The molecule has 1 atom stereocenters. The van der Waals surface area contributed by atoms with Crippen molar-refractivity contribution in [2.24, 2.45) is 0 Å². The molecule has 0 bridgehead atoms. The summed E-state index contributed by atoms with van der Waals surface area (Å²) in [5.41, 5.74) is 5.81. The van der Waals surface area contributed by atoms with Crippen LogP contribution < -0.4 is 15.7 Å². The van der Waals surface area contributed by atoms with Crippen LogP contribution in [0.1, 0.15) is 21.5 Å². The number of benzene rings is 5. The normalized spacial score (nSPS) is 12.5. The standard InChI is InChI=1S/C33H29NO2Si/c1-37(36,28-16-9-4-10-17-28)29-22-20-27(21-23-29)33(35)34-32-19-11-18-30(26-14-7-3-8-15-26)31(32)24-25-12-5-2-6-13-25/h2-23,36H,24H2,1H3,(H,34,35). The predicted octanol–water partition coefficient (Wildman–Crippen LogP) is 5.88. The van der Waals surface area contributed by atoms with E-state index in [1.165, 1.54) is 5.56 Å². The van der Waals surface area contributed by atoms with Crippen molar-refractivity contribution >= 4 is 30.3 Å². The maximum atomic E-state index is 13.3. The van der Waals surface area contributed by atoms with Crippen molar-refractivity contribution in [2.45, 2.75) is 13.0 Å². The van der Waals surface area contributed by atoms with Crippen LogP contribution >= 0.6 is 0 Å². The quantitative estimate of drug-likeness (QED) is 0.275. The third kappa shape index (κ3) is 5.46. The van der Waals surface area contributed by atoms with Crippen molar-refractivity contribution in [1.29, 1.82) is 0 Å². The summed E-state index contributed by atoms with van der Waals surface area (Å²) in [6, 6.07) is 43.7. The highest BCUT2D eigenvalue weighted by molar-refractivity contribution is 6.95. The van der Waals surface area contributed by atoms with Gasteiger partial charge in [-0.15, -0.1) is 0 Å². The molecule has 0 heterocycles. The average Bonchev–Trinajstić information content (AvgIpc) is 2.95. The molecule has 0 aliphatic heterocycles. The minimum absolute atomic E-state index is 0.174. The second-order valence-electron chi connectivity index (χ2n) is 9.33. The lowest BCUT2D eigenvalue weighted by atomic mass is 9.93. The predicted molar refractivity (Wildman–Crippen MR) is 155 cm³/mol. The number of hydrogen-bond donors (Lipinski definition) is 2. The number of amides is 1. The van der Waals surface area contributed by atoms with E-state index in [0.717, 1.165) is 32.8 Å². The van der Waals surface area contributed by atoms with Gasteiger partial charge in [0.2, 0.25) is 8.32 Å². The fourth-order valence-corrected chi connectivity index (χ4v) is 6.64. The van der Waals surface area contributed by atoms with Crippen molar-refractivity contribution in [3.05, 3.63) is 150 Å². The zero-order chi connectivity index (χ0) is 25.7. The number of anilines is 1. The van der Waals surface area contributed by atoms with Gasteiger partial charge in [0.05, 0.1) is 0 Å². The van der Waals surface area contributed by atoms with Gasteiger partial charge < -0.3 is 10.1 Å². The van der Waals surface area contributed by atoms with Gasteiger partial charge in [0.15, 0.2) is 0 Å². The monoisotopic (exact) mass is 499 g/mol. The van der Waals surface area contributed by atoms with Gasteiger partial charge in [-0.2, -0.15) is 0 Å². The molecule has 0 aliphatic rings. The van der Waals surface area contributed by atoms with E-state index >= 15 is 0 Å². The molecule has 3 nitrogen and oxygen atoms in total. The van der Waals surface area contributed by atoms with Gasteiger partial charge in [0.1, 0.15) is 0 Å². The molecule has 182 valence electrons. The average molecular weight is 500 g/mol. The summed E-state index contributed by atoms with van der Waals surface area (Å²) in [6.45, 7) is 1.91. The zero-order valence-electron chi connectivity index (χ0n) is 20.8. The fourth-order valence-electron chi connectivity index (χ4n) is 4.65. The van der Waals surface area contributed by atoms with Crippen LogP contribution in [0.15, 0.2) is 133 Å². The van der Waals surface area contributed by atoms with Crippen LogP contribution in [-0.2, 0) is 6.42 Å². The smallest absolute Gasteiger partial charge is 0.255 e. The molecule has 4 heteroatoms. The summed E-state index contributed by atoms with van der Waals surface area (Å²) in [7, 11) is -2.82. The minimum Gasteiger partial charge on any atom is -0.424 e. The molecule has 0 aliphatic carbocycles. The van der Waals surface area contributed by atoms with E-state index in [1.54, 1.807) is 12.1 Å². The van der Waals surface area contributed by atoms with E-state index in [0.29, 0.717) is 12.0 Å². The summed E-state index contributed by atoms with van der Waals surface area (Å²) in [5.74, 6) is -0.174. The third-order valence-corrected chi connectivity index (χ3v) is 9.69. The second-order valence-corrected chi connectivity index (χ2v) is 12.6. The van der Waals surface area contributed by atoms with Crippen LogP contribution in [0.4, 0.5) is 5.69 Å². The van der Waals surface area contributed by atoms with Gasteiger partial charge in [0, 0.05) is 17.7 Å². The Morgan fingerprint density at radius 1 is 0.676 bits per heavy atom. The van der Waals surface area contributed by atoms with Gasteiger partial charge >= 0.3 is 0 Å². The largest absolute Gasteiger partial charge is 0.424 e. The van der Waals surface area contributed by atoms with Gasteiger partial charge in [-0.25, -0.2) is 0 Å². The summed E-state index contributed by atoms with van der Waals surface area (Å²) in [4.78, 5) is 24.6. The van der Waals surface area contributed by atoms with Crippen molar-refractivity contribution in [2.75, 3.05) is 5.32 Å². The van der Waals surface area contributed by atoms with Crippen LogP contribution in [-0.4, -0.2) is 19.0 Å². The van der Waals surface area contributed by atoms with E-state index in [4.69, 9.17) is 0 Å².